The van der Waals surface area contributed by atoms with Gasteiger partial charge >= 0.3 is 0 Å². The van der Waals surface area contributed by atoms with E-state index in [0.717, 1.165) is 44.2 Å². The van der Waals surface area contributed by atoms with E-state index in [-0.39, 0.29) is 11.7 Å². The minimum Gasteiger partial charge on any atom is -0.453 e. The van der Waals surface area contributed by atoms with Gasteiger partial charge in [-0.3, -0.25) is 9.59 Å². The van der Waals surface area contributed by atoms with E-state index in [2.05, 4.69) is 16.7 Å². The molecule has 0 spiro atoms. The highest BCUT2D eigenvalue weighted by atomic mass is 16.4. The van der Waals surface area contributed by atoms with Gasteiger partial charge in [-0.1, -0.05) is 6.07 Å². The smallest absolute Gasteiger partial charge is 0.287 e. The first-order valence-corrected chi connectivity index (χ1v) is 10.9. The van der Waals surface area contributed by atoms with E-state index in [1.807, 2.05) is 0 Å². The zero-order valence-electron chi connectivity index (χ0n) is 17.6. The molecule has 1 aromatic carbocycles. The monoisotopic (exact) mass is 408 g/mol. The van der Waals surface area contributed by atoms with Crippen LogP contribution in [0, 0.1) is 0 Å². The Kier molecular flexibility index (Phi) is 4.33. The second kappa shape index (κ2) is 6.71. The van der Waals surface area contributed by atoms with Crippen molar-refractivity contribution in [2.75, 3.05) is 5.32 Å². The standard InChI is InChI=1S/C24H28N2O4/c1-23(2,29)19-10-9-18(30-19)21(27)26-24(11-12-24)22(28)25-20-16-7-3-5-14(16)13-15-6-4-8-17(15)20/h9-10,13,29H,3-8,11-12H2,1-2H3,(H,25,28)(H,26,27). The van der Waals surface area contributed by atoms with E-state index in [4.69, 9.17) is 4.42 Å². The van der Waals surface area contributed by atoms with Crippen LogP contribution in [0.1, 0.15) is 78.1 Å². The summed E-state index contributed by atoms with van der Waals surface area (Å²) in [7, 11) is 0. The molecule has 0 radical (unpaired) electrons. The molecule has 6 heteroatoms. The number of rotatable bonds is 5. The zero-order chi connectivity index (χ0) is 21.1. The molecule has 30 heavy (non-hydrogen) atoms. The maximum absolute atomic E-state index is 13.2. The second-order valence-electron chi connectivity index (χ2n) is 9.45. The van der Waals surface area contributed by atoms with Gasteiger partial charge in [0.15, 0.2) is 5.76 Å². The first kappa shape index (κ1) is 19.4. The van der Waals surface area contributed by atoms with Gasteiger partial charge in [0.25, 0.3) is 5.91 Å². The van der Waals surface area contributed by atoms with Gasteiger partial charge in [-0.2, -0.15) is 0 Å². The maximum atomic E-state index is 13.2. The molecule has 1 fully saturated rings. The lowest BCUT2D eigenvalue weighted by molar-refractivity contribution is -0.118. The Morgan fingerprint density at radius 3 is 2.20 bits per heavy atom. The van der Waals surface area contributed by atoms with Crippen molar-refractivity contribution in [2.24, 2.45) is 0 Å². The van der Waals surface area contributed by atoms with Crippen LogP contribution < -0.4 is 10.6 Å². The van der Waals surface area contributed by atoms with Crippen molar-refractivity contribution in [3.05, 3.63) is 52.0 Å². The molecule has 1 saturated carbocycles. The largest absolute Gasteiger partial charge is 0.453 e. The molecule has 6 nitrogen and oxygen atoms in total. The summed E-state index contributed by atoms with van der Waals surface area (Å²) in [5.41, 5.74) is 4.26. The number of aryl methyl sites for hydroxylation is 2. The fourth-order valence-corrected chi connectivity index (χ4v) is 4.80. The Labute approximate surface area is 176 Å². The number of nitrogens with one attached hydrogen (secondary N) is 2. The normalized spacial score (nSPS) is 18.6. The third-order valence-electron chi connectivity index (χ3n) is 6.68. The van der Waals surface area contributed by atoms with Crippen LogP contribution in [0.25, 0.3) is 0 Å². The molecule has 158 valence electrons. The summed E-state index contributed by atoms with van der Waals surface area (Å²) in [6.07, 6.45) is 7.65. The third kappa shape index (κ3) is 3.23. The van der Waals surface area contributed by atoms with Crippen LogP contribution >= 0.6 is 0 Å². The molecule has 1 heterocycles. The number of carbonyl (C=O) groups excluding carboxylic acids is 2. The summed E-state index contributed by atoms with van der Waals surface area (Å²) < 4.78 is 5.51. The average molecular weight is 408 g/mol. The molecule has 0 saturated heterocycles. The van der Waals surface area contributed by atoms with Crippen molar-refractivity contribution in [1.29, 1.82) is 0 Å². The summed E-state index contributed by atoms with van der Waals surface area (Å²) in [6.45, 7) is 3.19. The van der Waals surface area contributed by atoms with E-state index in [9.17, 15) is 14.7 Å². The van der Waals surface area contributed by atoms with Gasteiger partial charge in [-0.15, -0.1) is 0 Å². The number of carbonyl (C=O) groups is 2. The SMILES string of the molecule is CC(C)(O)c1ccc(C(=O)NC2(C(=O)Nc3c4c(cc5c3CCC5)CCC4)CC2)o1. The third-order valence-corrected chi connectivity index (χ3v) is 6.68. The molecule has 0 aliphatic heterocycles. The molecular formula is C24H28N2O4. The number of anilines is 1. The number of benzene rings is 1. The number of fused-ring (bicyclic) bond motifs is 2. The summed E-state index contributed by atoms with van der Waals surface area (Å²) in [4.78, 5) is 25.9. The van der Waals surface area contributed by atoms with Crippen molar-refractivity contribution in [3.63, 3.8) is 0 Å². The van der Waals surface area contributed by atoms with Gasteiger partial charge in [0.1, 0.15) is 16.9 Å². The average Bonchev–Trinajstić information content (AvgIpc) is 3.14. The van der Waals surface area contributed by atoms with Crippen molar-refractivity contribution < 1.29 is 19.1 Å². The van der Waals surface area contributed by atoms with Crippen molar-refractivity contribution in [2.45, 2.75) is 76.4 Å². The Bertz CT molecular complexity index is 1010. The van der Waals surface area contributed by atoms with Gasteiger partial charge < -0.3 is 20.2 Å². The van der Waals surface area contributed by atoms with E-state index in [0.29, 0.717) is 18.6 Å². The van der Waals surface area contributed by atoms with Crippen LogP contribution in [-0.2, 0) is 36.1 Å². The van der Waals surface area contributed by atoms with Crippen LogP contribution in [0.2, 0.25) is 0 Å². The lowest BCUT2D eigenvalue weighted by atomic mass is 9.98. The quantitative estimate of drug-likeness (QED) is 0.707. The number of furan rings is 1. The molecule has 1 aromatic heterocycles. The van der Waals surface area contributed by atoms with Gasteiger partial charge in [0.05, 0.1) is 0 Å². The molecule has 2 aromatic rings. The van der Waals surface area contributed by atoms with Crippen LogP contribution in [-0.4, -0.2) is 22.5 Å². The Balaban J connectivity index is 1.35. The Morgan fingerprint density at radius 2 is 1.67 bits per heavy atom. The van der Waals surface area contributed by atoms with E-state index in [1.165, 1.54) is 28.3 Å². The summed E-state index contributed by atoms with van der Waals surface area (Å²) in [5, 5.41) is 16.1. The van der Waals surface area contributed by atoms with Crippen LogP contribution in [0.3, 0.4) is 0 Å². The summed E-state index contributed by atoms with van der Waals surface area (Å²) >= 11 is 0. The highest BCUT2D eigenvalue weighted by Crippen LogP contribution is 2.42. The van der Waals surface area contributed by atoms with E-state index >= 15 is 0 Å². The lowest BCUT2D eigenvalue weighted by Gasteiger charge is -2.21. The van der Waals surface area contributed by atoms with E-state index in [1.54, 1.807) is 19.9 Å². The number of aliphatic hydroxyl groups is 1. The Hall–Kier alpha value is -2.60. The predicted molar refractivity (Wildman–Crippen MR) is 113 cm³/mol. The first-order chi connectivity index (χ1) is 14.3. The molecule has 3 aliphatic carbocycles. The van der Waals surface area contributed by atoms with Gasteiger partial charge in [0.2, 0.25) is 5.91 Å². The highest BCUT2D eigenvalue weighted by molar-refractivity contribution is 6.05. The fourth-order valence-electron chi connectivity index (χ4n) is 4.80. The van der Waals surface area contributed by atoms with Gasteiger partial charge in [-0.25, -0.2) is 0 Å². The number of amides is 2. The molecule has 0 atom stereocenters. The number of hydrogen-bond donors (Lipinski definition) is 3. The fraction of sp³-hybridized carbons (Fsp3) is 0.500. The minimum absolute atomic E-state index is 0.104. The van der Waals surface area contributed by atoms with Crippen LogP contribution in [0.5, 0.6) is 0 Å². The van der Waals surface area contributed by atoms with Crippen molar-refractivity contribution in [1.82, 2.24) is 5.32 Å². The first-order valence-electron chi connectivity index (χ1n) is 10.9. The molecule has 3 N–H and O–H groups in total. The lowest BCUT2D eigenvalue weighted by Crippen LogP contribution is -2.46. The summed E-state index contributed by atoms with van der Waals surface area (Å²) in [5.74, 6) is -0.147. The molecule has 3 aliphatic rings. The van der Waals surface area contributed by atoms with Gasteiger partial charge in [-0.05, 0) is 99.6 Å². The molecular weight excluding hydrogens is 380 g/mol. The highest BCUT2D eigenvalue weighted by Gasteiger charge is 2.52. The second-order valence-corrected chi connectivity index (χ2v) is 9.45. The summed E-state index contributed by atoms with van der Waals surface area (Å²) in [6, 6.07) is 5.46. The molecule has 2 amide bonds. The molecule has 0 bridgehead atoms. The van der Waals surface area contributed by atoms with Crippen LogP contribution in [0.4, 0.5) is 5.69 Å². The maximum Gasteiger partial charge on any atom is 0.287 e. The molecule has 5 rings (SSSR count). The number of hydrogen-bond acceptors (Lipinski definition) is 4. The minimum atomic E-state index is -1.17. The molecule has 0 unspecified atom stereocenters. The van der Waals surface area contributed by atoms with Crippen LogP contribution in [0.15, 0.2) is 22.6 Å². The van der Waals surface area contributed by atoms with Crippen molar-refractivity contribution in [3.8, 4) is 0 Å². The van der Waals surface area contributed by atoms with E-state index < -0.39 is 17.0 Å². The Morgan fingerprint density at radius 1 is 1.03 bits per heavy atom. The van der Waals surface area contributed by atoms with Gasteiger partial charge in [0, 0.05) is 5.69 Å². The predicted octanol–water partition coefficient (Wildman–Crippen LogP) is 3.39. The topological polar surface area (TPSA) is 91.6 Å². The zero-order valence-corrected chi connectivity index (χ0v) is 17.6. The van der Waals surface area contributed by atoms with Crippen molar-refractivity contribution >= 4 is 17.5 Å².